The van der Waals surface area contributed by atoms with Crippen molar-refractivity contribution in [3.63, 3.8) is 0 Å². The highest BCUT2D eigenvalue weighted by molar-refractivity contribution is 6.02. The van der Waals surface area contributed by atoms with Gasteiger partial charge in [0, 0.05) is 16.7 Å². The number of fused-ring (bicyclic) bond motifs is 1. The first-order valence-electron chi connectivity index (χ1n) is 10.7. The number of amides is 1. The zero-order chi connectivity index (χ0) is 24.2. The van der Waals surface area contributed by atoms with E-state index in [9.17, 15) is 29.7 Å². The zero-order valence-electron chi connectivity index (χ0n) is 18.9. The van der Waals surface area contributed by atoms with Gasteiger partial charge in [0.15, 0.2) is 0 Å². The zero-order valence-corrected chi connectivity index (χ0v) is 18.9. The summed E-state index contributed by atoms with van der Waals surface area (Å²) in [5.41, 5.74) is 1.94. The van der Waals surface area contributed by atoms with E-state index in [1.54, 1.807) is 13.0 Å². The number of nitrogens with zero attached hydrogens (tertiary/aromatic N) is 1. The summed E-state index contributed by atoms with van der Waals surface area (Å²) in [6, 6.07) is 0.277. The molecule has 0 aliphatic carbocycles. The lowest BCUT2D eigenvalue weighted by molar-refractivity contribution is -0.144. The van der Waals surface area contributed by atoms with E-state index in [1.165, 1.54) is 17.9 Å². The number of hydrogen-bond donors (Lipinski definition) is 4. The second-order valence-corrected chi connectivity index (χ2v) is 8.34. The largest absolute Gasteiger partial charge is 0.507 e. The van der Waals surface area contributed by atoms with Crippen LogP contribution in [0.25, 0.3) is 0 Å². The number of carbonyl (C=O) groups excluding carboxylic acids is 1. The van der Waals surface area contributed by atoms with Crippen molar-refractivity contribution in [2.75, 3.05) is 0 Å². The van der Waals surface area contributed by atoms with E-state index in [0.29, 0.717) is 24.8 Å². The van der Waals surface area contributed by atoms with Gasteiger partial charge in [-0.05, 0) is 45.1 Å². The Kier molecular flexibility index (Phi) is 8.08. The number of allylic oxidation sites excluding steroid dienone is 3. The molecule has 2 rings (SSSR count). The van der Waals surface area contributed by atoms with E-state index in [4.69, 9.17) is 5.11 Å². The Morgan fingerprint density at radius 2 is 1.84 bits per heavy atom. The molecule has 1 aliphatic rings. The molecule has 8 nitrogen and oxygen atoms in total. The smallest absolute Gasteiger partial charge is 0.330 e. The molecule has 2 atom stereocenters. The van der Waals surface area contributed by atoms with Crippen molar-refractivity contribution in [1.29, 1.82) is 0 Å². The molecule has 1 aromatic carbocycles. The highest BCUT2D eigenvalue weighted by atomic mass is 16.4. The van der Waals surface area contributed by atoms with Gasteiger partial charge in [-0.25, -0.2) is 9.59 Å². The van der Waals surface area contributed by atoms with E-state index >= 15 is 0 Å². The standard InChI is InChI=1S/C24H31NO7/c1-5-14(3)20(24(31)32)25-12-18-17(22(25)28)11-19(26)16(21(18)27)10-9-13(2)7-6-8-15(4)23(29)30/h8-9,11,14,20,26-27H,5-7,10,12H2,1-4H3,(H,29,30)(H,31,32)/b13-9+,15-8+/t14-,20-/m0/s1. The van der Waals surface area contributed by atoms with E-state index in [1.807, 2.05) is 19.9 Å². The Morgan fingerprint density at radius 3 is 2.41 bits per heavy atom. The normalized spacial score (nSPS) is 16.1. The topological polar surface area (TPSA) is 135 Å². The quantitative estimate of drug-likeness (QED) is 0.317. The average molecular weight is 446 g/mol. The number of carbonyl (C=O) groups is 3. The van der Waals surface area contributed by atoms with Crippen molar-refractivity contribution >= 4 is 17.8 Å². The lowest BCUT2D eigenvalue weighted by Crippen LogP contribution is -2.45. The van der Waals surface area contributed by atoms with Gasteiger partial charge in [-0.3, -0.25) is 4.79 Å². The highest BCUT2D eigenvalue weighted by Crippen LogP contribution is 2.40. The van der Waals surface area contributed by atoms with Gasteiger partial charge in [-0.1, -0.05) is 38.0 Å². The Labute approximate surface area is 187 Å². The third-order valence-electron chi connectivity index (χ3n) is 6.06. The first-order chi connectivity index (χ1) is 15.0. The molecule has 32 heavy (non-hydrogen) atoms. The maximum Gasteiger partial charge on any atom is 0.330 e. The van der Waals surface area contributed by atoms with Gasteiger partial charge in [-0.2, -0.15) is 0 Å². The SMILES string of the molecule is CC[C@H](C)[C@@H](C(=O)O)N1Cc2c(cc(O)c(C/C=C(\C)CC/C=C(\C)C(=O)O)c2O)C1=O. The molecule has 1 heterocycles. The number of hydrogen-bond acceptors (Lipinski definition) is 5. The van der Waals surface area contributed by atoms with Crippen molar-refractivity contribution in [2.45, 2.75) is 66.0 Å². The molecule has 8 heteroatoms. The van der Waals surface area contributed by atoms with Crippen molar-refractivity contribution in [1.82, 2.24) is 4.90 Å². The molecular weight excluding hydrogens is 414 g/mol. The van der Waals surface area contributed by atoms with Gasteiger partial charge in [0.25, 0.3) is 5.91 Å². The van der Waals surface area contributed by atoms with Gasteiger partial charge in [-0.15, -0.1) is 0 Å². The van der Waals surface area contributed by atoms with Crippen LogP contribution >= 0.6 is 0 Å². The highest BCUT2D eigenvalue weighted by Gasteiger charge is 2.41. The van der Waals surface area contributed by atoms with Gasteiger partial charge < -0.3 is 25.3 Å². The molecule has 1 amide bonds. The van der Waals surface area contributed by atoms with Crippen LogP contribution in [0.2, 0.25) is 0 Å². The summed E-state index contributed by atoms with van der Waals surface area (Å²) in [7, 11) is 0. The van der Waals surface area contributed by atoms with Crippen LogP contribution in [0, 0.1) is 5.92 Å². The number of rotatable bonds is 10. The van der Waals surface area contributed by atoms with E-state index in [0.717, 1.165) is 5.57 Å². The summed E-state index contributed by atoms with van der Waals surface area (Å²) in [6.07, 6.45) is 5.45. The maximum atomic E-state index is 12.8. The van der Waals surface area contributed by atoms with Crippen LogP contribution in [-0.2, 0) is 22.6 Å². The summed E-state index contributed by atoms with van der Waals surface area (Å²) >= 11 is 0. The van der Waals surface area contributed by atoms with Crippen LogP contribution in [0.4, 0.5) is 0 Å². The molecule has 0 saturated carbocycles. The summed E-state index contributed by atoms with van der Waals surface area (Å²) in [4.78, 5) is 36.7. The third-order valence-corrected chi connectivity index (χ3v) is 6.06. The molecule has 4 N–H and O–H groups in total. The fourth-order valence-corrected chi connectivity index (χ4v) is 3.80. The van der Waals surface area contributed by atoms with Gasteiger partial charge in [0.05, 0.1) is 12.1 Å². The van der Waals surface area contributed by atoms with Crippen LogP contribution < -0.4 is 0 Å². The minimum Gasteiger partial charge on any atom is -0.507 e. The van der Waals surface area contributed by atoms with Gasteiger partial charge >= 0.3 is 11.9 Å². The number of aliphatic carboxylic acids is 2. The molecule has 0 spiro atoms. The van der Waals surface area contributed by atoms with Crippen molar-refractivity contribution < 1.29 is 34.8 Å². The lowest BCUT2D eigenvalue weighted by atomic mass is 9.98. The predicted molar refractivity (Wildman–Crippen MR) is 119 cm³/mol. The number of aromatic hydroxyl groups is 2. The fraction of sp³-hybridized carbons (Fsp3) is 0.458. The summed E-state index contributed by atoms with van der Waals surface area (Å²) < 4.78 is 0. The molecule has 0 aromatic heterocycles. The molecule has 1 aromatic rings. The summed E-state index contributed by atoms with van der Waals surface area (Å²) in [6.45, 7) is 6.99. The fourth-order valence-electron chi connectivity index (χ4n) is 3.80. The lowest BCUT2D eigenvalue weighted by Gasteiger charge is -2.28. The molecule has 1 aliphatic heterocycles. The Hall–Kier alpha value is -3.29. The molecule has 0 radical (unpaired) electrons. The minimum absolute atomic E-state index is 0.0312. The van der Waals surface area contributed by atoms with Crippen LogP contribution in [0.3, 0.4) is 0 Å². The molecule has 0 bridgehead atoms. The first-order valence-corrected chi connectivity index (χ1v) is 10.7. The summed E-state index contributed by atoms with van der Waals surface area (Å²) in [5, 5.41) is 39.7. The number of phenols is 2. The van der Waals surface area contributed by atoms with Crippen LogP contribution in [0.5, 0.6) is 11.5 Å². The average Bonchev–Trinajstić information content (AvgIpc) is 3.03. The molecule has 174 valence electrons. The second kappa shape index (κ2) is 10.3. The minimum atomic E-state index is -1.10. The van der Waals surface area contributed by atoms with Crippen molar-refractivity contribution in [3.05, 3.63) is 46.1 Å². The monoisotopic (exact) mass is 445 g/mol. The van der Waals surface area contributed by atoms with E-state index in [2.05, 4.69) is 0 Å². The van der Waals surface area contributed by atoms with Crippen molar-refractivity contribution in [2.24, 2.45) is 5.92 Å². The van der Waals surface area contributed by atoms with Gasteiger partial charge in [0.1, 0.15) is 17.5 Å². The number of benzene rings is 1. The number of carboxylic acids is 2. The van der Waals surface area contributed by atoms with Crippen LogP contribution in [0.1, 0.15) is 68.4 Å². The number of phenolic OH excluding ortho intramolecular Hbond substituents is 2. The molecule has 0 saturated heterocycles. The second-order valence-electron chi connectivity index (χ2n) is 8.34. The van der Waals surface area contributed by atoms with E-state index < -0.39 is 23.9 Å². The van der Waals surface area contributed by atoms with Crippen LogP contribution in [0.15, 0.2) is 29.4 Å². The Balaban J connectivity index is 2.24. The third kappa shape index (κ3) is 5.30. The number of carboxylic acid groups (broad SMARTS) is 2. The Bertz CT molecular complexity index is 977. The van der Waals surface area contributed by atoms with E-state index in [-0.39, 0.29) is 47.1 Å². The van der Waals surface area contributed by atoms with Gasteiger partial charge in [0.2, 0.25) is 0 Å². The van der Waals surface area contributed by atoms with Crippen molar-refractivity contribution in [3.8, 4) is 11.5 Å². The Morgan fingerprint density at radius 1 is 1.19 bits per heavy atom. The molecule has 0 unspecified atom stereocenters. The first kappa shape index (κ1) is 25.0. The predicted octanol–water partition coefficient (Wildman–Crippen LogP) is 3.85. The molecular formula is C24H31NO7. The summed E-state index contributed by atoms with van der Waals surface area (Å²) in [5.74, 6) is -3.27. The maximum absolute atomic E-state index is 12.8. The molecule has 0 fully saturated rings. The van der Waals surface area contributed by atoms with Crippen LogP contribution in [-0.4, -0.2) is 49.2 Å².